The van der Waals surface area contributed by atoms with Gasteiger partial charge in [0.25, 0.3) is 0 Å². The van der Waals surface area contributed by atoms with Crippen LogP contribution in [0.4, 0.5) is 9.59 Å². The van der Waals surface area contributed by atoms with Gasteiger partial charge in [-0.05, 0) is 40.2 Å². The molecule has 0 aromatic heterocycles. The van der Waals surface area contributed by atoms with Gasteiger partial charge in [0.2, 0.25) is 0 Å². The highest BCUT2D eigenvalue weighted by Crippen LogP contribution is 2.42. The van der Waals surface area contributed by atoms with Gasteiger partial charge in [-0.25, -0.2) is 18.2 Å². The molecule has 0 saturated carbocycles. The molecular weight excluding hydrogens is 380 g/mol. The number of para-hydroxylation sites is 1. The minimum atomic E-state index is -0.561. The molecule has 2 rings (SSSR count). The van der Waals surface area contributed by atoms with E-state index in [2.05, 4.69) is 0 Å². The Labute approximate surface area is 171 Å². The van der Waals surface area contributed by atoms with Crippen molar-refractivity contribution in [3.05, 3.63) is 23.8 Å². The average molecular weight is 411 g/mol. The predicted molar refractivity (Wildman–Crippen MR) is 109 cm³/mol. The summed E-state index contributed by atoms with van der Waals surface area (Å²) in [7, 11) is 0. The molecule has 0 fully saturated rings. The van der Waals surface area contributed by atoms with Crippen LogP contribution in [0.2, 0.25) is 0 Å². The molecule has 1 aromatic carbocycles. The number of rotatable bonds is 8. The fourth-order valence-corrected chi connectivity index (χ4v) is 3.44. The summed E-state index contributed by atoms with van der Waals surface area (Å²) in [6, 6.07) is 5.53. The second-order valence-electron chi connectivity index (χ2n) is 7.09. The maximum Gasteiger partial charge on any atom is 0.426 e. The molecule has 0 atom stereocenters. The highest BCUT2D eigenvalue weighted by Gasteiger charge is 2.33. The second-order valence-corrected chi connectivity index (χ2v) is 8.13. The number of fused-ring (bicyclic) bond motifs is 1. The summed E-state index contributed by atoms with van der Waals surface area (Å²) >= 11 is 0.993. The number of benzene rings is 1. The van der Waals surface area contributed by atoms with Crippen LogP contribution in [0.3, 0.4) is 0 Å². The number of unbranched alkanes of at least 4 members (excludes halogenated alkanes) is 1. The summed E-state index contributed by atoms with van der Waals surface area (Å²) in [6.45, 7) is 10.8. The molecule has 0 bridgehead atoms. The van der Waals surface area contributed by atoms with Gasteiger partial charge in [-0.15, -0.1) is 0 Å². The van der Waals surface area contributed by atoms with Crippen molar-refractivity contribution < 1.29 is 23.8 Å². The molecule has 7 nitrogen and oxygen atoms in total. The van der Waals surface area contributed by atoms with Crippen molar-refractivity contribution in [2.24, 2.45) is 0 Å². The minimum absolute atomic E-state index is 0.328. The third-order valence-electron chi connectivity index (χ3n) is 4.15. The van der Waals surface area contributed by atoms with Crippen LogP contribution in [0, 0.1) is 0 Å². The highest BCUT2D eigenvalue weighted by molar-refractivity contribution is 7.95. The highest BCUT2D eigenvalue weighted by atomic mass is 32.2. The van der Waals surface area contributed by atoms with E-state index in [-0.39, 0.29) is 5.60 Å². The predicted octanol–water partition coefficient (Wildman–Crippen LogP) is 5.04. The van der Waals surface area contributed by atoms with Gasteiger partial charge in [0.1, 0.15) is 5.60 Å². The smallest absolute Gasteiger partial charge is 0.426 e. The molecule has 8 heteroatoms. The van der Waals surface area contributed by atoms with E-state index >= 15 is 0 Å². The van der Waals surface area contributed by atoms with Gasteiger partial charge in [0.05, 0.1) is 18.7 Å². The Bertz CT molecular complexity index is 695. The Balaban J connectivity index is 2.02. The summed E-state index contributed by atoms with van der Waals surface area (Å²) in [5.74, 6) is 0.994. The van der Waals surface area contributed by atoms with E-state index in [1.54, 1.807) is 6.07 Å². The van der Waals surface area contributed by atoms with Crippen LogP contribution in [0.25, 0.3) is 0 Å². The molecule has 0 saturated heterocycles. The summed E-state index contributed by atoms with van der Waals surface area (Å²) in [4.78, 5) is 24.9. The van der Waals surface area contributed by atoms with Gasteiger partial charge < -0.3 is 14.2 Å². The number of hydrogen-bond acceptors (Lipinski definition) is 6. The van der Waals surface area contributed by atoms with Crippen molar-refractivity contribution in [2.45, 2.75) is 59.5 Å². The monoisotopic (exact) mass is 410 g/mol. The Kier molecular flexibility index (Phi) is 7.86. The molecule has 0 spiro atoms. The molecule has 1 aliphatic heterocycles. The summed E-state index contributed by atoms with van der Waals surface area (Å²) in [5.41, 5.74) is 0.686. The first-order chi connectivity index (χ1) is 13.3. The average Bonchev–Trinajstić information content (AvgIpc) is 2.97. The van der Waals surface area contributed by atoms with E-state index in [0.717, 1.165) is 37.0 Å². The van der Waals surface area contributed by atoms with E-state index in [4.69, 9.17) is 14.2 Å². The molecule has 0 radical (unpaired) electrons. The number of amides is 2. The first-order valence-electron chi connectivity index (χ1n) is 9.73. The minimum Gasteiger partial charge on any atom is -0.483 e. The van der Waals surface area contributed by atoms with Crippen LogP contribution in [-0.4, -0.2) is 46.1 Å². The van der Waals surface area contributed by atoms with Gasteiger partial charge in [0.15, 0.2) is 11.5 Å². The van der Waals surface area contributed by atoms with E-state index in [0.29, 0.717) is 31.2 Å². The van der Waals surface area contributed by atoms with Crippen molar-refractivity contribution >= 4 is 24.3 Å². The first kappa shape index (κ1) is 22.2. The zero-order chi connectivity index (χ0) is 20.7. The van der Waals surface area contributed by atoms with Gasteiger partial charge in [-0.2, -0.15) is 0 Å². The van der Waals surface area contributed by atoms with Crippen LogP contribution in [0.15, 0.2) is 18.2 Å². The van der Waals surface area contributed by atoms with Crippen LogP contribution >= 0.6 is 12.1 Å². The van der Waals surface area contributed by atoms with Crippen molar-refractivity contribution in [3.8, 4) is 11.5 Å². The van der Waals surface area contributed by atoms with E-state index in [9.17, 15) is 9.59 Å². The number of ether oxygens (including phenoxy) is 3. The Morgan fingerprint density at radius 1 is 1.14 bits per heavy atom. The van der Waals surface area contributed by atoms with E-state index in [1.165, 1.54) is 8.61 Å². The number of carbonyl (C=O) groups excluding carboxylic acids is 2. The zero-order valence-corrected chi connectivity index (χ0v) is 18.1. The molecule has 1 heterocycles. The molecule has 156 valence electrons. The maximum absolute atomic E-state index is 12.7. The van der Waals surface area contributed by atoms with Crippen molar-refractivity contribution in [1.29, 1.82) is 0 Å². The number of carbonyl (C=O) groups is 2. The largest absolute Gasteiger partial charge is 0.483 e. The van der Waals surface area contributed by atoms with Crippen molar-refractivity contribution in [2.75, 3.05) is 19.7 Å². The topological polar surface area (TPSA) is 68.3 Å². The fourth-order valence-electron chi connectivity index (χ4n) is 2.75. The van der Waals surface area contributed by atoms with E-state index in [1.807, 2.05) is 46.8 Å². The van der Waals surface area contributed by atoms with Crippen molar-refractivity contribution in [1.82, 2.24) is 8.61 Å². The molecule has 2 amide bonds. The summed E-state index contributed by atoms with van der Waals surface area (Å²) in [6.07, 6.45) is 1.49. The van der Waals surface area contributed by atoms with Gasteiger partial charge in [-0.3, -0.25) is 0 Å². The Morgan fingerprint density at radius 2 is 1.82 bits per heavy atom. The summed E-state index contributed by atoms with van der Waals surface area (Å²) in [5, 5.41) is 0. The lowest BCUT2D eigenvalue weighted by Crippen LogP contribution is -2.35. The quantitative estimate of drug-likeness (QED) is 0.442. The Morgan fingerprint density at radius 3 is 2.46 bits per heavy atom. The normalized spacial score (nSPS) is 14.0. The van der Waals surface area contributed by atoms with Crippen molar-refractivity contribution in [3.63, 3.8) is 0 Å². The number of hydrogen-bond donors (Lipinski definition) is 0. The molecule has 0 aliphatic carbocycles. The van der Waals surface area contributed by atoms with Crippen LogP contribution in [-0.2, 0) is 11.2 Å². The molecule has 1 aromatic rings. The van der Waals surface area contributed by atoms with Crippen LogP contribution in [0.1, 0.15) is 53.0 Å². The van der Waals surface area contributed by atoms with Gasteiger partial charge in [0, 0.05) is 25.1 Å². The van der Waals surface area contributed by atoms with Crippen LogP contribution < -0.4 is 9.47 Å². The molecule has 28 heavy (non-hydrogen) atoms. The SMILES string of the molecule is CCCCOC(=O)N(CC)SN(CC)C(=O)Oc1cccc2c1OC(C)(C)C2. The van der Waals surface area contributed by atoms with Gasteiger partial charge >= 0.3 is 12.2 Å². The first-order valence-corrected chi connectivity index (χ1v) is 10.5. The number of nitrogens with zero attached hydrogens (tertiary/aromatic N) is 2. The fraction of sp³-hybridized carbons (Fsp3) is 0.600. The van der Waals surface area contributed by atoms with E-state index < -0.39 is 12.2 Å². The standard InChI is InChI=1S/C20H30N2O5S/c1-6-9-13-25-18(23)21(7-2)28-22(8-3)19(24)26-16-12-10-11-15-14-20(4,5)27-17(15)16/h10-12H,6-9,13-14H2,1-5H3. The molecule has 0 unspecified atom stereocenters. The lowest BCUT2D eigenvalue weighted by Gasteiger charge is -2.26. The zero-order valence-electron chi connectivity index (χ0n) is 17.3. The second kappa shape index (κ2) is 9.91. The lowest BCUT2D eigenvalue weighted by molar-refractivity contribution is 0.125. The molecule has 1 aliphatic rings. The Hall–Kier alpha value is -2.09. The molecular formula is C20H30N2O5S. The van der Waals surface area contributed by atoms with Gasteiger partial charge in [-0.1, -0.05) is 25.5 Å². The maximum atomic E-state index is 12.7. The lowest BCUT2D eigenvalue weighted by atomic mass is 10.0. The summed E-state index contributed by atoms with van der Waals surface area (Å²) < 4.78 is 19.5. The third kappa shape index (κ3) is 5.70. The molecule has 0 N–H and O–H groups in total. The van der Waals surface area contributed by atoms with Crippen LogP contribution in [0.5, 0.6) is 11.5 Å². The third-order valence-corrected chi connectivity index (χ3v) is 5.36.